The molecule has 3 nitrogen and oxygen atoms in total. The van der Waals surface area contributed by atoms with Crippen LogP contribution in [0, 0.1) is 0 Å². The lowest BCUT2D eigenvalue weighted by molar-refractivity contribution is -0.118. The van der Waals surface area contributed by atoms with Crippen LogP contribution in [0.2, 0.25) is 0 Å². The van der Waals surface area contributed by atoms with E-state index in [0.29, 0.717) is 18.2 Å². The summed E-state index contributed by atoms with van der Waals surface area (Å²) in [5, 5.41) is 11.2. The monoisotopic (exact) mass is 253 g/mol. The molecule has 0 radical (unpaired) electrons. The molecule has 1 aromatic rings. The van der Waals surface area contributed by atoms with Crippen LogP contribution < -0.4 is 5.32 Å². The highest BCUT2D eigenvalue weighted by Crippen LogP contribution is 2.21. The molecule has 0 saturated heterocycles. The summed E-state index contributed by atoms with van der Waals surface area (Å²) >= 11 is 1.51. The Morgan fingerprint density at radius 3 is 2.53 bits per heavy atom. The second-order valence-electron chi connectivity index (χ2n) is 4.09. The molecule has 0 aliphatic carbocycles. The minimum atomic E-state index is -0.0445. The molecule has 4 heteroatoms. The minimum absolute atomic E-state index is 0.0144. The largest absolute Gasteiger partial charge is 0.395 e. The number of rotatable bonds is 6. The standard InChI is InChI=1S/C13H19NO2S/c1-10(2)11-3-5-12(6-4-11)17-9-13(16)14-7-8-15/h3-6,10,15H,7-9H2,1-2H3,(H,14,16). The second-order valence-corrected chi connectivity index (χ2v) is 5.13. The molecular formula is C13H19NO2S. The molecule has 0 heterocycles. The Balaban J connectivity index is 2.39. The van der Waals surface area contributed by atoms with Crippen LogP contribution in [0.5, 0.6) is 0 Å². The molecule has 2 N–H and O–H groups in total. The molecule has 0 aromatic heterocycles. The van der Waals surface area contributed by atoms with Gasteiger partial charge in [0.15, 0.2) is 0 Å². The number of carbonyl (C=O) groups excluding carboxylic acids is 1. The molecule has 0 aliphatic rings. The van der Waals surface area contributed by atoms with Crippen LogP contribution in [-0.2, 0) is 4.79 Å². The first-order valence-corrected chi connectivity index (χ1v) is 6.72. The summed E-state index contributed by atoms with van der Waals surface area (Å²) in [6, 6.07) is 8.27. The summed E-state index contributed by atoms with van der Waals surface area (Å²) in [7, 11) is 0. The van der Waals surface area contributed by atoms with Gasteiger partial charge >= 0.3 is 0 Å². The van der Waals surface area contributed by atoms with Crippen LogP contribution in [0.15, 0.2) is 29.2 Å². The zero-order chi connectivity index (χ0) is 12.7. The molecular weight excluding hydrogens is 234 g/mol. The molecule has 94 valence electrons. The first kappa shape index (κ1) is 14.1. The molecule has 0 aliphatic heterocycles. The molecule has 1 rings (SSSR count). The average Bonchev–Trinajstić information content (AvgIpc) is 2.34. The predicted molar refractivity (Wildman–Crippen MR) is 71.4 cm³/mol. The van der Waals surface area contributed by atoms with Gasteiger partial charge in [0.25, 0.3) is 0 Å². The molecule has 0 bridgehead atoms. The van der Waals surface area contributed by atoms with E-state index in [-0.39, 0.29) is 12.5 Å². The predicted octanol–water partition coefficient (Wildman–Crippen LogP) is 2.01. The zero-order valence-corrected chi connectivity index (χ0v) is 11.1. The number of amides is 1. The van der Waals surface area contributed by atoms with Gasteiger partial charge < -0.3 is 10.4 Å². The van der Waals surface area contributed by atoms with E-state index >= 15 is 0 Å². The van der Waals surface area contributed by atoms with Crippen molar-refractivity contribution in [2.45, 2.75) is 24.7 Å². The van der Waals surface area contributed by atoms with Crippen LogP contribution in [0.4, 0.5) is 0 Å². The summed E-state index contributed by atoms with van der Waals surface area (Å²) in [5.74, 6) is 0.875. The molecule has 0 unspecified atom stereocenters. The summed E-state index contributed by atoms with van der Waals surface area (Å²) in [5.41, 5.74) is 1.30. The van der Waals surface area contributed by atoms with Crippen molar-refractivity contribution in [2.24, 2.45) is 0 Å². The van der Waals surface area contributed by atoms with Crippen molar-refractivity contribution in [1.29, 1.82) is 0 Å². The van der Waals surface area contributed by atoms with Crippen molar-refractivity contribution >= 4 is 17.7 Å². The molecule has 1 amide bonds. The molecule has 0 atom stereocenters. The first-order valence-electron chi connectivity index (χ1n) is 5.74. The number of thioether (sulfide) groups is 1. The highest BCUT2D eigenvalue weighted by molar-refractivity contribution is 8.00. The van der Waals surface area contributed by atoms with Crippen molar-refractivity contribution in [3.63, 3.8) is 0 Å². The van der Waals surface area contributed by atoms with Crippen molar-refractivity contribution in [3.8, 4) is 0 Å². The molecule has 0 spiro atoms. The van der Waals surface area contributed by atoms with Crippen LogP contribution in [0.3, 0.4) is 0 Å². The zero-order valence-electron chi connectivity index (χ0n) is 10.3. The van der Waals surface area contributed by atoms with Gasteiger partial charge in [-0.15, -0.1) is 11.8 Å². The maximum Gasteiger partial charge on any atom is 0.230 e. The van der Waals surface area contributed by atoms with Gasteiger partial charge in [-0.25, -0.2) is 0 Å². The number of nitrogens with one attached hydrogen (secondary N) is 1. The highest BCUT2D eigenvalue weighted by Gasteiger charge is 2.03. The van der Waals surface area contributed by atoms with Gasteiger partial charge in [0.2, 0.25) is 5.91 Å². The lowest BCUT2D eigenvalue weighted by Crippen LogP contribution is -2.27. The van der Waals surface area contributed by atoms with E-state index in [0.717, 1.165) is 4.90 Å². The van der Waals surface area contributed by atoms with Gasteiger partial charge in [-0.3, -0.25) is 4.79 Å². The van der Waals surface area contributed by atoms with E-state index < -0.39 is 0 Å². The summed E-state index contributed by atoms with van der Waals surface area (Å²) in [4.78, 5) is 12.4. The fourth-order valence-electron chi connectivity index (χ4n) is 1.34. The van der Waals surface area contributed by atoms with Crippen LogP contribution in [0.25, 0.3) is 0 Å². The third kappa shape index (κ3) is 5.24. The fraction of sp³-hybridized carbons (Fsp3) is 0.462. The fourth-order valence-corrected chi connectivity index (χ4v) is 2.07. The Labute approximate surface area is 107 Å². The van der Waals surface area contributed by atoms with Gasteiger partial charge in [-0.1, -0.05) is 26.0 Å². The lowest BCUT2D eigenvalue weighted by Gasteiger charge is -2.07. The van der Waals surface area contributed by atoms with Crippen molar-refractivity contribution in [1.82, 2.24) is 5.32 Å². The van der Waals surface area contributed by atoms with Crippen LogP contribution >= 0.6 is 11.8 Å². The van der Waals surface area contributed by atoms with Crippen LogP contribution in [0.1, 0.15) is 25.3 Å². The van der Waals surface area contributed by atoms with Crippen molar-refractivity contribution in [3.05, 3.63) is 29.8 Å². The van der Waals surface area contributed by atoms with E-state index in [1.165, 1.54) is 17.3 Å². The van der Waals surface area contributed by atoms with Gasteiger partial charge in [0, 0.05) is 11.4 Å². The quantitative estimate of drug-likeness (QED) is 0.763. The number of carbonyl (C=O) groups is 1. The minimum Gasteiger partial charge on any atom is -0.395 e. The van der Waals surface area contributed by atoms with E-state index in [1.807, 2.05) is 12.1 Å². The van der Waals surface area contributed by atoms with E-state index in [4.69, 9.17) is 5.11 Å². The number of hydrogen-bond acceptors (Lipinski definition) is 3. The van der Waals surface area contributed by atoms with E-state index in [9.17, 15) is 4.79 Å². The number of aliphatic hydroxyl groups is 1. The Morgan fingerprint density at radius 1 is 1.35 bits per heavy atom. The first-order chi connectivity index (χ1) is 8.13. The molecule has 1 aromatic carbocycles. The van der Waals surface area contributed by atoms with Gasteiger partial charge in [0.1, 0.15) is 0 Å². The Bertz CT molecular complexity index is 349. The normalized spacial score (nSPS) is 10.6. The van der Waals surface area contributed by atoms with Gasteiger partial charge in [-0.05, 0) is 23.6 Å². The van der Waals surface area contributed by atoms with Crippen LogP contribution in [-0.4, -0.2) is 29.9 Å². The number of aliphatic hydroxyl groups excluding tert-OH is 1. The van der Waals surface area contributed by atoms with Gasteiger partial charge in [0.05, 0.1) is 12.4 Å². The topological polar surface area (TPSA) is 49.3 Å². The molecule has 0 fully saturated rings. The summed E-state index contributed by atoms with van der Waals surface area (Å²) < 4.78 is 0. The molecule has 17 heavy (non-hydrogen) atoms. The number of benzene rings is 1. The molecule has 0 saturated carbocycles. The maximum absolute atomic E-state index is 11.3. The third-order valence-corrected chi connectivity index (χ3v) is 3.36. The SMILES string of the molecule is CC(C)c1ccc(SCC(=O)NCCO)cc1. The Morgan fingerprint density at radius 2 is 2.00 bits per heavy atom. The van der Waals surface area contributed by atoms with Crippen molar-refractivity contribution < 1.29 is 9.90 Å². The highest BCUT2D eigenvalue weighted by atomic mass is 32.2. The third-order valence-electron chi connectivity index (χ3n) is 2.35. The maximum atomic E-state index is 11.3. The summed E-state index contributed by atoms with van der Waals surface area (Å²) in [6.07, 6.45) is 0. The Hall–Kier alpha value is -1.00. The van der Waals surface area contributed by atoms with E-state index in [1.54, 1.807) is 0 Å². The second kappa shape index (κ2) is 7.35. The van der Waals surface area contributed by atoms with Gasteiger partial charge in [-0.2, -0.15) is 0 Å². The van der Waals surface area contributed by atoms with Crippen molar-refractivity contribution in [2.75, 3.05) is 18.9 Å². The number of hydrogen-bond donors (Lipinski definition) is 2. The Kier molecular flexibility index (Phi) is 6.08. The lowest BCUT2D eigenvalue weighted by atomic mass is 10.0. The smallest absolute Gasteiger partial charge is 0.230 e. The van der Waals surface area contributed by atoms with E-state index in [2.05, 4.69) is 31.3 Å². The average molecular weight is 253 g/mol. The summed E-state index contributed by atoms with van der Waals surface area (Å²) in [6.45, 7) is 4.63.